The third kappa shape index (κ3) is 5.59. The molecule has 1 amide bonds. The number of likely N-dealkylation sites (tertiary alicyclic amines) is 1. The van der Waals surface area contributed by atoms with E-state index < -0.39 is 0 Å². The van der Waals surface area contributed by atoms with E-state index in [0.29, 0.717) is 18.4 Å². The average molecular weight is 295 g/mol. The maximum absolute atomic E-state index is 12.1. The van der Waals surface area contributed by atoms with Crippen molar-refractivity contribution in [2.75, 3.05) is 26.7 Å². The second kappa shape index (κ2) is 7.59. The first-order valence-corrected chi connectivity index (χ1v) is 8.68. The zero-order chi connectivity index (χ0) is 15.3. The molecule has 122 valence electrons. The number of hydrogen-bond acceptors (Lipinski definition) is 3. The maximum atomic E-state index is 12.1. The van der Waals surface area contributed by atoms with Crippen LogP contribution in [-0.4, -0.2) is 43.5 Å². The van der Waals surface area contributed by atoms with Crippen molar-refractivity contribution in [3.8, 4) is 0 Å². The van der Waals surface area contributed by atoms with Crippen LogP contribution in [0.25, 0.3) is 0 Å². The Balaban J connectivity index is 1.63. The second-order valence-electron chi connectivity index (χ2n) is 7.72. The van der Waals surface area contributed by atoms with Crippen molar-refractivity contribution in [3.05, 3.63) is 0 Å². The van der Waals surface area contributed by atoms with Crippen molar-refractivity contribution in [2.24, 2.45) is 17.1 Å². The van der Waals surface area contributed by atoms with Gasteiger partial charge in [-0.25, -0.2) is 0 Å². The molecule has 2 atom stereocenters. The monoisotopic (exact) mass is 295 g/mol. The number of carbonyl (C=O) groups is 1. The van der Waals surface area contributed by atoms with Gasteiger partial charge in [-0.3, -0.25) is 4.79 Å². The van der Waals surface area contributed by atoms with Gasteiger partial charge in [-0.2, -0.15) is 0 Å². The molecule has 1 saturated heterocycles. The summed E-state index contributed by atoms with van der Waals surface area (Å²) in [4.78, 5) is 14.4. The fourth-order valence-electron chi connectivity index (χ4n) is 3.67. The van der Waals surface area contributed by atoms with E-state index in [1.54, 1.807) is 0 Å². The SMILES string of the molecule is CN1CCC(C)(CNC(=O)CCC2CCCC(N)C2)CC1. The molecule has 2 aliphatic rings. The number of carbonyl (C=O) groups excluding carboxylic acids is 1. The Morgan fingerprint density at radius 1 is 1.33 bits per heavy atom. The number of amides is 1. The number of rotatable bonds is 5. The highest BCUT2D eigenvalue weighted by Gasteiger charge is 2.29. The Bertz CT molecular complexity index is 337. The van der Waals surface area contributed by atoms with Crippen LogP contribution in [0.15, 0.2) is 0 Å². The molecule has 0 aromatic rings. The van der Waals surface area contributed by atoms with E-state index in [1.165, 1.54) is 25.7 Å². The average Bonchev–Trinajstić information content (AvgIpc) is 2.47. The summed E-state index contributed by atoms with van der Waals surface area (Å²) in [5.41, 5.74) is 6.30. The third-order valence-electron chi connectivity index (χ3n) is 5.51. The van der Waals surface area contributed by atoms with E-state index in [2.05, 4.69) is 24.2 Å². The Labute approximate surface area is 129 Å². The lowest BCUT2D eigenvalue weighted by Crippen LogP contribution is -2.43. The van der Waals surface area contributed by atoms with E-state index in [9.17, 15) is 4.79 Å². The van der Waals surface area contributed by atoms with Crippen LogP contribution < -0.4 is 11.1 Å². The van der Waals surface area contributed by atoms with Gasteiger partial charge in [0.2, 0.25) is 5.91 Å². The molecule has 4 heteroatoms. The minimum Gasteiger partial charge on any atom is -0.356 e. The van der Waals surface area contributed by atoms with E-state index >= 15 is 0 Å². The van der Waals surface area contributed by atoms with Gasteiger partial charge in [0, 0.05) is 19.0 Å². The summed E-state index contributed by atoms with van der Waals surface area (Å²) < 4.78 is 0. The molecule has 21 heavy (non-hydrogen) atoms. The van der Waals surface area contributed by atoms with Crippen LogP contribution in [0.2, 0.25) is 0 Å². The molecule has 4 nitrogen and oxygen atoms in total. The van der Waals surface area contributed by atoms with Gasteiger partial charge in [-0.15, -0.1) is 0 Å². The van der Waals surface area contributed by atoms with Gasteiger partial charge in [0.25, 0.3) is 0 Å². The standard InChI is InChI=1S/C17H33N3O/c1-17(8-10-20(2)11-9-17)13-19-16(21)7-6-14-4-3-5-15(18)12-14/h14-15H,3-13,18H2,1-2H3,(H,19,21). The minimum absolute atomic E-state index is 0.231. The first-order chi connectivity index (χ1) is 9.97. The number of piperidine rings is 1. The van der Waals surface area contributed by atoms with Crippen LogP contribution in [0.5, 0.6) is 0 Å². The minimum atomic E-state index is 0.231. The van der Waals surface area contributed by atoms with Crippen molar-refractivity contribution in [2.45, 2.75) is 64.3 Å². The van der Waals surface area contributed by atoms with Gasteiger partial charge in [-0.1, -0.05) is 19.8 Å². The zero-order valence-corrected chi connectivity index (χ0v) is 13.9. The Morgan fingerprint density at radius 2 is 2.05 bits per heavy atom. The summed E-state index contributed by atoms with van der Waals surface area (Å²) in [5.74, 6) is 0.896. The predicted octanol–water partition coefficient (Wildman–Crippen LogP) is 2.13. The van der Waals surface area contributed by atoms with Gasteiger partial charge < -0.3 is 16.0 Å². The third-order valence-corrected chi connectivity index (χ3v) is 5.51. The lowest BCUT2D eigenvalue weighted by atomic mass is 9.80. The molecule has 2 fully saturated rings. The fourth-order valence-corrected chi connectivity index (χ4v) is 3.67. The summed E-state index contributed by atoms with van der Waals surface area (Å²) in [6.07, 6.45) is 8.81. The Hall–Kier alpha value is -0.610. The number of nitrogens with two attached hydrogens (primary N) is 1. The lowest BCUT2D eigenvalue weighted by Gasteiger charge is -2.38. The normalized spacial score (nSPS) is 30.0. The molecule has 0 bridgehead atoms. The summed E-state index contributed by atoms with van der Waals surface area (Å²) in [6.45, 7) is 5.43. The summed E-state index contributed by atoms with van der Waals surface area (Å²) in [5, 5.41) is 3.17. The van der Waals surface area contributed by atoms with Crippen LogP contribution in [0, 0.1) is 11.3 Å². The second-order valence-corrected chi connectivity index (χ2v) is 7.72. The van der Waals surface area contributed by atoms with Crippen LogP contribution >= 0.6 is 0 Å². The largest absolute Gasteiger partial charge is 0.356 e. The Kier molecular flexibility index (Phi) is 6.06. The van der Waals surface area contributed by atoms with Crippen LogP contribution in [0.3, 0.4) is 0 Å². The van der Waals surface area contributed by atoms with Gasteiger partial charge in [-0.05, 0) is 63.6 Å². The Morgan fingerprint density at radius 3 is 2.71 bits per heavy atom. The fraction of sp³-hybridized carbons (Fsp3) is 0.941. The number of nitrogens with one attached hydrogen (secondary N) is 1. The molecular weight excluding hydrogens is 262 g/mol. The zero-order valence-electron chi connectivity index (χ0n) is 13.9. The van der Waals surface area contributed by atoms with Crippen LogP contribution in [-0.2, 0) is 4.79 Å². The first-order valence-electron chi connectivity index (χ1n) is 8.68. The van der Waals surface area contributed by atoms with E-state index in [1.807, 2.05) is 0 Å². The molecular formula is C17H33N3O. The number of hydrogen-bond donors (Lipinski definition) is 2. The van der Waals surface area contributed by atoms with Gasteiger partial charge in [0.1, 0.15) is 0 Å². The molecule has 1 heterocycles. The molecule has 2 unspecified atom stereocenters. The quantitative estimate of drug-likeness (QED) is 0.817. The van der Waals surface area contributed by atoms with Crippen molar-refractivity contribution < 1.29 is 4.79 Å². The first kappa shape index (κ1) is 16.8. The molecule has 1 saturated carbocycles. The van der Waals surface area contributed by atoms with E-state index in [-0.39, 0.29) is 11.3 Å². The molecule has 3 N–H and O–H groups in total. The molecule has 1 aliphatic carbocycles. The highest BCUT2D eigenvalue weighted by molar-refractivity contribution is 5.75. The van der Waals surface area contributed by atoms with Gasteiger partial charge in [0.15, 0.2) is 0 Å². The van der Waals surface area contributed by atoms with E-state index in [4.69, 9.17) is 5.73 Å². The van der Waals surface area contributed by atoms with Crippen LogP contribution in [0.4, 0.5) is 0 Å². The van der Waals surface area contributed by atoms with Crippen LogP contribution in [0.1, 0.15) is 58.3 Å². The van der Waals surface area contributed by atoms with Crippen molar-refractivity contribution >= 4 is 5.91 Å². The highest BCUT2D eigenvalue weighted by Crippen LogP contribution is 2.30. The summed E-state index contributed by atoms with van der Waals surface area (Å²) >= 11 is 0. The molecule has 0 aromatic heterocycles. The molecule has 1 aliphatic heterocycles. The lowest BCUT2D eigenvalue weighted by molar-refractivity contribution is -0.122. The summed E-state index contributed by atoms with van der Waals surface area (Å²) in [7, 11) is 2.17. The molecule has 2 rings (SSSR count). The topological polar surface area (TPSA) is 58.4 Å². The molecule has 0 aromatic carbocycles. The summed E-state index contributed by atoms with van der Waals surface area (Å²) in [6, 6.07) is 0.366. The van der Waals surface area contributed by atoms with Crippen molar-refractivity contribution in [3.63, 3.8) is 0 Å². The highest BCUT2D eigenvalue weighted by atomic mass is 16.1. The van der Waals surface area contributed by atoms with Gasteiger partial charge >= 0.3 is 0 Å². The van der Waals surface area contributed by atoms with Crippen molar-refractivity contribution in [1.29, 1.82) is 0 Å². The molecule has 0 spiro atoms. The molecule has 0 radical (unpaired) electrons. The maximum Gasteiger partial charge on any atom is 0.220 e. The van der Waals surface area contributed by atoms with Crippen molar-refractivity contribution in [1.82, 2.24) is 10.2 Å². The smallest absolute Gasteiger partial charge is 0.220 e. The van der Waals surface area contributed by atoms with Gasteiger partial charge in [0.05, 0.1) is 0 Å². The predicted molar refractivity (Wildman–Crippen MR) is 87.0 cm³/mol. The van der Waals surface area contributed by atoms with E-state index in [0.717, 1.165) is 38.9 Å². The number of nitrogens with zero attached hydrogens (tertiary/aromatic N) is 1.